The first-order chi connectivity index (χ1) is 8.24. The van der Waals surface area contributed by atoms with Gasteiger partial charge in [-0.05, 0) is 40.6 Å². The van der Waals surface area contributed by atoms with E-state index in [1.807, 2.05) is 16.8 Å². The summed E-state index contributed by atoms with van der Waals surface area (Å²) in [6, 6.07) is 8.98. The van der Waals surface area contributed by atoms with Crippen LogP contribution in [-0.2, 0) is 11.2 Å². The molecule has 1 aromatic carbocycles. The number of carbonyl (C=O) groups is 1. The number of benzene rings is 1. The van der Waals surface area contributed by atoms with Crippen LogP contribution in [0.1, 0.15) is 5.56 Å². The Morgan fingerprint density at radius 3 is 2.94 bits per heavy atom. The van der Waals surface area contributed by atoms with Crippen molar-refractivity contribution in [2.75, 3.05) is 6.61 Å². The molecule has 0 atom stereocenters. The van der Waals surface area contributed by atoms with E-state index in [1.54, 1.807) is 35.6 Å². The summed E-state index contributed by atoms with van der Waals surface area (Å²) in [5, 5.41) is 4.53. The van der Waals surface area contributed by atoms with Crippen LogP contribution in [0.15, 0.2) is 41.1 Å². The Morgan fingerprint density at radius 2 is 2.24 bits per heavy atom. The first-order valence-electron chi connectivity index (χ1n) is 5.15. The zero-order chi connectivity index (χ0) is 12.1. The van der Waals surface area contributed by atoms with Crippen molar-refractivity contribution >= 4 is 28.7 Å². The summed E-state index contributed by atoms with van der Waals surface area (Å²) in [4.78, 5) is 11.6. The van der Waals surface area contributed by atoms with Gasteiger partial charge in [0.15, 0.2) is 5.78 Å². The van der Waals surface area contributed by atoms with Crippen LogP contribution in [0, 0.1) is 0 Å². The van der Waals surface area contributed by atoms with Crippen LogP contribution in [0.5, 0.6) is 5.75 Å². The molecule has 17 heavy (non-hydrogen) atoms. The molecule has 1 aromatic heterocycles. The normalized spacial score (nSPS) is 10.2. The van der Waals surface area contributed by atoms with Gasteiger partial charge in [0.25, 0.3) is 0 Å². The summed E-state index contributed by atoms with van der Waals surface area (Å²) in [6.07, 6.45) is 0.421. The van der Waals surface area contributed by atoms with Gasteiger partial charge >= 0.3 is 0 Å². The molecule has 0 amide bonds. The maximum atomic E-state index is 11.6. The first-order valence-corrected chi connectivity index (χ1v) is 6.47. The Labute approximate surface area is 109 Å². The number of Topliss-reactive ketones (excluding diaryl/α,β-unsaturated/α-hetero) is 1. The predicted molar refractivity (Wildman–Crippen MR) is 70.0 cm³/mol. The summed E-state index contributed by atoms with van der Waals surface area (Å²) in [5.74, 6) is 0.680. The van der Waals surface area contributed by atoms with E-state index in [4.69, 9.17) is 16.3 Å². The fourth-order valence-corrected chi connectivity index (χ4v) is 2.24. The fraction of sp³-hybridized carbons (Fsp3) is 0.154. The van der Waals surface area contributed by atoms with Crippen molar-refractivity contribution in [3.8, 4) is 5.75 Å². The number of halogens is 1. The summed E-state index contributed by atoms with van der Waals surface area (Å²) < 4.78 is 5.37. The van der Waals surface area contributed by atoms with E-state index in [9.17, 15) is 4.79 Å². The average molecular weight is 267 g/mol. The number of ketones is 1. The number of hydrogen-bond donors (Lipinski definition) is 0. The fourth-order valence-electron chi connectivity index (χ4n) is 1.39. The average Bonchev–Trinajstić information content (AvgIpc) is 2.79. The van der Waals surface area contributed by atoms with E-state index in [0.717, 1.165) is 5.56 Å². The van der Waals surface area contributed by atoms with Crippen molar-refractivity contribution in [2.24, 2.45) is 0 Å². The second-order valence-electron chi connectivity index (χ2n) is 3.59. The SMILES string of the molecule is O=C(COc1cccc(Cl)c1)Cc1ccsc1. The highest BCUT2D eigenvalue weighted by Gasteiger charge is 2.05. The lowest BCUT2D eigenvalue weighted by Gasteiger charge is -2.05. The molecule has 0 aliphatic heterocycles. The van der Waals surface area contributed by atoms with Gasteiger partial charge in [0.1, 0.15) is 12.4 Å². The topological polar surface area (TPSA) is 26.3 Å². The monoisotopic (exact) mass is 266 g/mol. The van der Waals surface area contributed by atoms with E-state index in [1.165, 1.54) is 0 Å². The molecule has 0 fully saturated rings. The van der Waals surface area contributed by atoms with Crippen LogP contribution in [-0.4, -0.2) is 12.4 Å². The third-order valence-corrected chi connectivity index (χ3v) is 3.14. The van der Waals surface area contributed by atoms with Gasteiger partial charge in [-0.25, -0.2) is 0 Å². The number of hydrogen-bond acceptors (Lipinski definition) is 3. The van der Waals surface area contributed by atoms with Crippen molar-refractivity contribution in [1.29, 1.82) is 0 Å². The zero-order valence-electron chi connectivity index (χ0n) is 9.06. The first kappa shape index (κ1) is 12.1. The Kier molecular flexibility index (Phi) is 4.18. The maximum absolute atomic E-state index is 11.6. The molecule has 0 unspecified atom stereocenters. The summed E-state index contributed by atoms with van der Waals surface area (Å²) in [7, 11) is 0. The standard InChI is InChI=1S/C13H11ClO2S/c14-11-2-1-3-13(7-11)16-8-12(15)6-10-4-5-17-9-10/h1-5,7,9H,6,8H2. The predicted octanol–water partition coefficient (Wildman–Crippen LogP) is 3.59. The minimum Gasteiger partial charge on any atom is -0.486 e. The second kappa shape index (κ2) is 5.84. The molecule has 2 nitrogen and oxygen atoms in total. The Balaban J connectivity index is 1.84. The van der Waals surface area contributed by atoms with Crippen LogP contribution in [0.25, 0.3) is 0 Å². The third kappa shape index (κ3) is 3.88. The van der Waals surface area contributed by atoms with Crippen LogP contribution >= 0.6 is 22.9 Å². The van der Waals surface area contributed by atoms with Gasteiger partial charge in [-0.15, -0.1) is 0 Å². The molecule has 0 saturated heterocycles. The zero-order valence-corrected chi connectivity index (χ0v) is 10.6. The Morgan fingerprint density at radius 1 is 1.35 bits per heavy atom. The minimum atomic E-state index is 0.0587. The third-order valence-electron chi connectivity index (χ3n) is 2.18. The quantitative estimate of drug-likeness (QED) is 0.827. The summed E-state index contributed by atoms with van der Waals surface area (Å²) >= 11 is 7.40. The molecule has 1 heterocycles. The van der Waals surface area contributed by atoms with E-state index in [-0.39, 0.29) is 12.4 Å². The highest BCUT2D eigenvalue weighted by Crippen LogP contribution is 2.17. The van der Waals surface area contributed by atoms with Gasteiger partial charge in [0, 0.05) is 11.4 Å². The number of carbonyl (C=O) groups excluding carboxylic acids is 1. The van der Waals surface area contributed by atoms with Gasteiger partial charge < -0.3 is 4.74 Å². The van der Waals surface area contributed by atoms with Crippen molar-refractivity contribution in [1.82, 2.24) is 0 Å². The lowest BCUT2D eigenvalue weighted by molar-refractivity contribution is -0.120. The largest absolute Gasteiger partial charge is 0.486 e. The van der Waals surface area contributed by atoms with Crippen molar-refractivity contribution in [3.63, 3.8) is 0 Å². The minimum absolute atomic E-state index is 0.0587. The maximum Gasteiger partial charge on any atom is 0.174 e. The highest BCUT2D eigenvalue weighted by atomic mass is 35.5. The molecule has 2 aromatic rings. The van der Waals surface area contributed by atoms with Crippen molar-refractivity contribution in [3.05, 3.63) is 51.7 Å². The van der Waals surface area contributed by atoms with E-state index in [0.29, 0.717) is 17.2 Å². The molecule has 0 aliphatic carbocycles. The van der Waals surface area contributed by atoms with E-state index < -0.39 is 0 Å². The van der Waals surface area contributed by atoms with Crippen LogP contribution < -0.4 is 4.74 Å². The van der Waals surface area contributed by atoms with Gasteiger partial charge in [0.05, 0.1) is 0 Å². The molecule has 4 heteroatoms. The van der Waals surface area contributed by atoms with Crippen LogP contribution in [0.4, 0.5) is 0 Å². The second-order valence-corrected chi connectivity index (χ2v) is 4.81. The number of ether oxygens (including phenoxy) is 1. The van der Waals surface area contributed by atoms with Crippen LogP contribution in [0.2, 0.25) is 5.02 Å². The molecular formula is C13H11ClO2S. The molecule has 88 valence electrons. The summed E-state index contributed by atoms with van der Waals surface area (Å²) in [5.41, 5.74) is 1.04. The smallest absolute Gasteiger partial charge is 0.174 e. The van der Waals surface area contributed by atoms with Crippen LogP contribution in [0.3, 0.4) is 0 Å². The number of rotatable bonds is 5. The Bertz CT molecular complexity index is 494. The molecule has 0 spiro atoms. The summed E-state index contributed by atoms with van der Waals surface area (Å²) in [6.45, 7) is 0.0796. The molecule has 0 N–H and O–H groups in total. The number of thiophene rings is 1. The molecule has 0 radical (unpaired) electrons. The van der Waals surface area contributed by atoms with Gasteiger partial charge in [0.2, 0.25) is 0 Å². The van der Waals surface area contributed by atoms with Crippen molar-refractivity contribution in [2.45, 2.75) is 6.42 Å². The lowest BCUT2D eigenvalue weighted by Crippen LogP contribution is -2.13. The molecular weight excluding hydrogens is 256 g/mol. The van der Waals surface area contributed by atoms with Gasteiger partial charge in [-0.2, -0.15) is 11.3 Å². The molecule has 0 bridgehead atoms. The molecule has 0 aliphatic rings. The van der Waals surface area contributed by atoms with Gasteiger partial charge in [-0.3, -0.25) is 4.79 Å². The Hall–Kier alpha value is -1.32. The molecule has 2 rings (SSSR count). The van der Waals surface area contributed by atoms with E-state index >= 15 is 0 Å². The highest BCUT2D eigenvalue weighted by molar-refractivity contribution is 7.08. The lowest BCUT2D eigenvalue weighted by atomic mass is 10.2. The van der Waals surface area contributed by atoms with E-state index in [2.05, 4.69) is 0 Å². The van der Waals surface area contributed by atoms with Crippen molar-refractivity contribution < 1.29 is 9.53 Å². The van der Waals surface area contributed by atoms with Gasteiger partial charge in [-0.1, -0.05) is 17.7 Å². The molecule has 0 saturated carbocycles.